The van der Waals surface area contributed by atoms with Gasteiger partial charge in [-0.25, -0.2) is 27.5 Å². The lowest BCUT2D eigenvalue weighted by Gasteiger charge is -2.37. The van der Waals surface area contributed by atoms with Crippen LogP contribution in [0.15, 0.2) is 279 Å². The molecule has 9 amide bonds. The Labute approximate surface area is 874 Å². The monoisotopic (exact) mass is 2060 g/mol. The van der Waals surface area contributed by atoms with Gasteiger partial charge < -0.3 is 81.8 Å². The first kappa shape index (κ1) is 111. The molecular weight excluding hydrogens is 1930 g/mol. The van der Waals surface area contributed by atoms with Crippen molar-refractivity contribution in [3.05, 3.63) is 346 Å². The summed E-state index contributed by atoms with van der Waals surface area (Å²) in [5.41, 5.74) is 7.66. The number of aryl methyl sites for hydroxylation is 1. The average molecular weight is 2060 g/mol. The number of carbonyl (C=O) groups is 11. The molecule has 10 aromatic carbocycles. The Balaban J connectivity index is 0.764. The number of benzene rings is 10. The van der Waals surface area contributed by atoms with Crippen LogP contribution < -0.4 is 62.6 Å². The summed E-state index contributed by atoms with van der Waals surface area (Å²) in [5.74, 6) is -8.40. The standard InChI is InChI=1S/C116H133N13O18S2/c1-13-67-144-110(139)97(123-104(133)93(120-77(6)130)58-38-66-118-111(117)129-149(141,142)103-74(3)73(2)102-90(75(103)4)69-114(10,11)147-102)59-39-68-148-72-98(109(138)143-12)124-106(135)95(62-64-99(131)127-115(79-40-20-14-21-41-79,80-42-22-15-23-43-80)81-44-24-16-25-45-81)121-105(134)94(61-60-78-70-119-92-57-37-36-52-85(78)92)122-108(137)101(76(5)146-113(7,8)9)126-107(136)96(125-112(140)145-71-91-88-55-34-32-53-86(88)87-54-33-35-56-89(87)91)63-65-100(132)128-116(82-46-26-17-27-47-82,83-48-28-18-29-49-83)84-50-30-19-31-51-84/h13-37,40-57,70,76,91,93-98,101,119H,1,38-39,58-69,71-72H2,2-12H3,(H,120,130)(H,121,134)(H,122,137)(H,123,133)(H,124,135)(H,125,140)(H,126,136)(H,127,131)(H,128,132)(H3,117,118,129)/t76-,93-,94+,95+,96+,97+,98+,101+/m1/s1. The maximum atomic E-state index is 16.1. The third-order valence-corrected chi connectivity index (χ3v) is 29.4. The molecule has 2 aliphatic rings. The molecule has 1 aliphatic heterocycles. The molecule has 11 aromatic rings. The molecule has 782 valence electrons. The molecule has 0 spiro atoms. The number of nitrogens with one attached hydrogen (secondary N) is 13. The van der Waals surface area contributed by atoms with Crippen LogP contribution in [0.25, 0.3) is 22.0 Å². The molecule has 149 heavy (non-hydrogen) atoms. The van der Waals surface area contributed by atoms with Crippen molar-refractivity contribution in [2.75, 3.05) is 38.4 Å². The van der Waals surface area contributed by atoms with E-state index in [2.05, 4.69) is 69.5 Å². The van der Waals surface area contributed by atoms with Gasteiger partial charge in [0.15, 0.2) is 0 Å². The van der Waals surface area contributed by atoms with Crippen molar-refractivity contribution in [3.8, 4) is 16.9 Å². The molecule has 0 fully saturated rings. The van der Waals surface area contributed by atoms with Gasteiger partial charge in [0.2, 0.25) is 53.2 Å². The number of guanidine groups is 1. The Morgan fingerprint density at radius 2 is 0.966 bits per heavy atom. The first-order chi connectivity index (χ1) is 71.4. The van der Waals surface area contributed by atoms with Crippen LogP contribution in [0.1, 0.15) is 184 Å². The molecule has 0 radical (unpaired) electrons. The number of hydrogen-bond acceptors (Lipinski definition) is 20. The number of carbonyl (C=O) groups excluding carboxylic acids is 11. The van der Waals surface area contributed by atoms with Crippen LogP contribution in [0.5, 0.6) is 5.75 Å². The van der Waals surface area contributed by atoms with E-state index in [0.29, 0.717) is 45.6 Å². The van der Waals surface area contributed by atoms with Gasteiger partial charge in [-0.15, -0.1) is 0 Å². The summed E-state index contributed by atoms with van der Waals surface area (Å²) >= 11 is 1.15. The highest BCUT2D eigenvalue weighted by Gasteiger charge is 2.45. The number of amides is 9. The molecule has 1 aromatic heterocycles. The van der Waals surface area contributed by atoms with Crippen molar-refractivity contribution >= 4 is 104 Å². The van der Waals surface area contributed by atoms with Gasteiger partial charge in [-0.2, -0.15) is 11.8 Å². The van der Waals surface area contributed by atoms with E-state index in [4.69, 9.17) is 29.1 Å². The normalized spacial score (nSPS) is 14.2. The van der Waals surface area contributed by atoms with Crippen LogP contribution in [0.4, 0.5) is 4.79 Å². The number of H-pyrrole nitrogens is 1. The molecule has 1 aliphatic carbocycles. The van der Waals surface area contributed by atoms with E-state index in [1.807, 2.05) is 269 Å². The number of sulfonamides is 1. The van der Waals surface area contributed by atoms with Crippen LogP contribution in [-0.4, -0.2) is 183 Å². The number of aromatic amines is 1. The number of fused-ring (bicyclic) bond motifs is 5. The molecule has 0 saturated carbocycles. The Kier molecular flexibility index (Phi) is 37.9. The minimum Gasteiger partial charge on any atom is -0.487 e. The first-order valence-electron chi connectivity index (χ1n) is 50.1. The lowest BCUT2D eigenvalue weighted by Crippen LogP contribution is -2.62. The lowest BCUT2D eigenvalue weighted by molar-refractivity contribution is -0.147. The van der Waals surface area contributed by atoms with Crippen molar-refractivity contribution in [1.29, 1.82) is 5.41 Å². The number of para-hydroxylation sites is 1. The summed E-state index contributed by atoms with van der Waals surface area (Å²) in [6.07, 6.45) is -0.261. The summed E-state index contributed by atoms with van der Waals surface area (Å²) in [7, 11) is -3.17. The molecule has 31 nitrogen and oxygen atoms in total. The van der Waals surface area contributed by atoms with Gasteiger partial charge in [0.05, 0.1) is 23.7 Å². The summed E-state index contributed by atoms with van der Waals surface area (Å²) in [6.45, 7) is 20.3. The van der Waals surface area contributed by atoms with Crippen LogP contribution in [0.3, 0.4) is 0 Å². The van der Waals surface area contributed by atoms with Crippen LogP contribution >= 0.6 is 11.8 Å². The molecule has 0 bridgehead atoms. The SMILES string of the molecule is C=CCOC(=O)[C@H](CCCSC[C@H](NC(=O)[C@H](CCC(=O)NC(c1ccccc1)(c1ccccc1)c1ccccc1)NC(=O)[C@H](CCc1c[nH]c2ccccc12)NC(=O)[C@@H](NC(=O)[C@H](CCC(=O)NC(c1ccccc1)(c1ccccc1)c1ccccc1)NC(=O)OCC1c2ccccc2-c2ccccc21)[C@@H](C)OC(C)(C)C)C(=O)OC)NC(=O)[C@@H](CCCNC(=N)NS(=O)(=O)c1c(C)c(C)c2c(c1C)CC(C)(C)O2)NC(C)=O. The first-order valence-corrected chi connectivity index (χ1v) is 52.7. The maximum absolute atomic E-state index is 16.1. The van der Waals surface area contributed by atoms with E-state index < -0.39 is 177 Å². The highest BCUT2D eigenvalue weighted by Crippen LogP contribution is 2.47. The predicted molar refractivity (Wildman–Crippen MR) is 573 cm³/mol. The second-order valence-corrected chi connectivity index (χ2v) is 41.7. The number of alkyl carbamates (subject to hydrolysis) is 1. The molecule has 13 rings (SSSR count). The van der Waals surface area contributed by atoms with E-state index in [0.717, 1.165) is 79.8 Å². The molecule has 0 saturated heterocycles. The van der Waals surface area contributed by atoms with E-state index in [-0.39, 0.29) is 81.1 Å². The van der Waals surface area contributed by atoms with Crippen LogP contribution in [0, 0.1) is 26.2 Å². The van der Waals surface area contributed by atoms with Gasteiger partial charge in [-0.1, -0.05) is 261 Å². The lowest BCUT2D eigenvalue weighted by atomic mass is 9.77. The second kappa shape index (κ2) is 50.9. The zero-order valence-corrected chi connectivity index (χ0v) is 87.4. The van der Waals surface area contributed by atoms with Crippen LogP contribution in [0.2, 0.25) is 0 Å². The fourth-order valence-electron chi connectivity index (χ4n) is 19.5. The zero-order chi connectivity index (χ0) is 107. The van der Waals surface area contributed by atoms with E-state index in [1.54, 1.807) is 54.7 Å². The van der Waals surface area contributed by atoms with E-state index in [9.17, 15) is 32.4 Å². The highest BCUT2D eigenvalue weighted by atomic mass is 32.2. The molecule has 0 unspecified atom stereocenters. The van der Waals surface area contributed by atoms with Gasteiger partial charge in [-0.05, 0) is 203 Å². The molecule has 13 N–H and O–H groups in total. The molecule has 33 heteroatoms. The van der Waals surface area contributed by atoms with Crippen molar-refractivity contribution < 1.29 is 84.8 Å². The van der Waals surface area contributed by atoms with Gasteiger partial charge in [0.25, 0.3) is 10.0 Å². The molecular formula is C116H133N13O18S2. The highest BCUT2D eigenvalue weighted by molar-refractivity contribution is 7.99. The Morgan fingerprint density at radius 3 is 1.46 bits per heavy atom. The Morgan fingerprint density at radius 1 is 0.523 bits per heavy atom. The fraction of sp³-hybridized carbons (Fsp3) is 0.345. The van der Waals surface area contributed by atoms with Crippen molar-refractivity contribution in [2.45, 2.75) is 221 Å². The minimum atomic E-state index is -4.29. The number of esters is 2. The smallest absolute Gasteiger partial charge is 0.407 e. The summed E-state index contributed by atoms with van der Waals surface area (Å²) in [5, 5.41) is 38.4. The Hall–Kier alpha value is -15.2. The molecule has 8 atom stereocenters. The third-order valence-electron chi connectivity index (χ3n) is 26.7. The van der Waals surface area contributed by atoms with Gasteiger partial charge in [0.1, 0.15) is 77.9 Å². The number of rotatable bonds is 49. The number of aromatic nitrogens is 1. The zero-order valence-electron chi connectivity index (χ0n) is 85.8. The van der Waals surface area contributed by atoms with Crippen LogP contribution in [-0.2, 0) is 101 Å². The van der Waals surface area contributed by atoms with Crippen molar-refractivity contribution in [3.63, 3.8) is 0 Å². The topological polar surface area (TPSA) is 440 Å². The number of ether oxygens (including phenoxy) is 5. The van der Waals surface area contributed by atoms with Gasteiger partial charge in [0, 0.05) is 67.1 Å². The fourth-order valence-corrected chi connectivity index (χ4v) is 22.1. The summed E-state index contributed by atoms with van der Waals surface area (Å²) < 4.78 is 59.9. The number of thioether (sulfide) groups is 1. The van der Waals surface area contributed by atoms with Crippen molar-refractivity contribution in [1.82, 2.24) is 62.9 Å². The van der Waals surface area contributed by atoms with Gasteiger partial charge in [-0.3, -0.25) is 43.8 Å². The van der Waals surface area contributed by atoms with Crippen molar-refractivity contribution in [2.24, 2.45) is 0 Å². The quantitative estimate of drug-likeness (QED) is 0.00320. The Bertz CT molecular complexity index is 6470. The average Bonchev–Trinajstić information content (AvgIpc) is 1.58. The molecule has 2 heterocycles. The minimum absolute atomic E-state index is 0.0302. The third kappa shape index (κ3) is 28.2. The second-order valence-electron chi connectivity index (χ2n) is 39.0. The summed E-state index contributed by atoms with van der Waals surface area (Å²) in [6, 6.07) is 68.5. The maximum Gasteiger partial charge on any atom is 0.407 e. The number of methoxy groups -OCH3 is 1. The predicted octanol–water partition coefficient (Wildman–Crippen LogP) is 14.3. The summed E-state index contributed by atoms with van der Waals surface area (Å²) in [4.78, 5) is 168. The largest absolute Gasteiger partial charge is 0.487 e. The number of hydrogen-bond donors (Lipinski definition) is 13. The van der Waals surface area contributed by atoms with E-state index >= 15 is 28.8 Å². The van der Waals surface area contributed by atoms with E-state index in [1.165, 1.54) is 13.0 Å². The van der Waals surface area contributed by atoms with Gasteiger partial charge >= 0.3 is 18.0 Å².